The molecule has 0 aromatic heterocycles. The van der Waals surface area contributed by atoms with E-state index in [1.807, 2.05) is 0 Å². The Hall–Kier alpha value is -2.12. The largest absolute Gasteiger partial charge is 0.467 e. The van der Waals surface area contributed by atoms with E-state index < -0.39 is 41.2 Å². The van der Waals surface area contributed by atoms with Crippen LogP contribution in [0, 0.1) is 0 Å². The summed E-state index contributed by atoms with van der Waals surface area (Å²) in [6.45, 7) is 4.93. The van der Waals surface area contributed by atoms with Gasteiger partial charge in [0.05, 0.1) is 7.11 Å². The molecule has 2 aliphatic heterocycles. The molecule has 2 rings (SSSR count). The molecule has 1 unspecified atom stereocenters. The summed E-state index contributed by atoms with van der Waals surface area (Å²) in [4.78, 5) is 48.8. The van der Waals surface area contributed by atoms with E-state index in [-0.39, 0.29) is 19.3 Å². The molecule has 0 bridgehead atoms. The maximum absolute atomic E-state index is 12.6. The summed E-state index contributed by atoms with van der Waals surface area (Å²) in [6.07, 6.45) is -0.851. The van der Waals surface area contributed by atoms with Crippen LogP contribution in [0.25, 0.3) is 0 Å². The highest BCUT2D eigenvalue weighted by Crippen LogP contribution is 2.40. The Morgan fingerprint density at radius 1 is 1.32 bits per heavy atom. The van der Waals surface area contributed by atoms with E-state index in [1.165, 1.54) is 0 Å². The van der Waals surface area contributed by atoms with Crippen LogP contribution in [0.15, 0.2) is 0 Å². The van der Waals surface area contributed by atoms with Crippen LogP contribution in [0.4, 0.5) is 4.79 Å². The van der Waals surface area contributed by atoms with E-state index >= 15 is 0 Å². The molecule has 0 aromatic carbocycles. The van der Waals surface area contributed by atoms with Crippen molar-refractivity contribution in [1.29, 1.82) is 0 Å². The molecule has 2 fully saturated rings. The number of carbonyl (C=O) groups is 4. The highest BCUT2D eigenvalue weighted by Gasteiger charge is 2.62. The number of ether oxygens (including phenoxy) is 3. The molecular formula is C14H19NO7. The van der Waals surface area contributed by atoms with Crippen molar-refractivity contribution in [2.75, 3.05) is 7.11 Å². The summed E-state index contributed by atoms with van der Waals surface area (Å²) in [6, 6.07) is -1.15. The minimum Gasteiger partial charge on any atom is -0.467 e. The Kier molecular flexibility index (Phi) is 3.88. The minimum absolute atomic E-state index is 0.0712. The van der Waals surface area contributed by atoms with Crippen LogP contribution in [-0.2, 0) is 28.6 Å². The van der Waals surface area contributed by atoms with Crippen molar-refractivity contribution >= 4 is 23.9 Å². The molecule has 0 radical (unpaired) electrons. The normalized spacial score (nSPS) is 28.0. The average molecular weight is 313 g/mol. The quantitative estimate of drug-likeness (QED) is 0.520. The third-order valence-corrected chi connectivity index (χ3v) is 3.55. The van der Waals surface area contributed by atoms with Gasteiger partial charge in [-0.25, -0.2) is 14.5 Å². The standard InChI is InChI=1S/C14H19NO7/c1-13(2,3)22-12(19)15-8(10(17)20-4)7-14(11(15)18)6-5-9(16)21-14/h8H,5-7H2,1-4H3/t8?,14-/m1/s1. The van der Waals surface area contributed by atoms with Gasteiger partial charge < -0.3 is 14.2 Å². The van der Waals surface area contributed by atoms with E-state index in [0.29, 0.717) is 4.90 Å². The van der Waals surface area contributed by atoms with Crippen LogP contribution in [0.2, 0.25) is 0 Å². The Balaban J connectivity index is 2.32. The first kappa shape index (κ1) is 16.3. The molecule has 122 valence electrons. The number of likely N-dealkylation sites (tertiary alicyclic amines) is 1. The topological polar surface area (TPSA) is 99.2 Å². The second kappa shape index (κ2) is 5.26. The molecule has 2 heterocycles. The lowest BCUT2D eigenvalue weighted by molar-refractivity contribution is -0.158. The van der Waals surface area contributed by atoms with Gasteiger partial charge in [0, 0.05) is 19.3 Å². The molecule has 8 heteroatoms. The molecule has 8 nitrogen and oxygen atoms in total. The summed E-state index contributed by atoms with van der Waals surface area (Å²) in [7, 11) is 1.16. The number of hydrogen-bond donors (Lipinski definition) is 0. The highest BCUT2D eigenvalue weighted by atomic mass is 16.6. The zero-order valence-electron chi connectivity index (χ0n) is 13.0. The SMILES string of the molecule is COC(=O)C1C[C@]2(CCC(=O)O2)C(=O)N1C(=O)OC(C)(C)C. The number of hydrogen-bond acceptors (Lipinski definition) is 7. The summed E-state index contributed by atoms with van der Waals surface area (Å²) in [5, 5.41) is 0. The molecule has 0 saturated carbocycles. The fourth-order valence-electron chi connectivity index (χ4n) is 2.62. The first-order valence-corrected chi connectivity index (χ1v) is 6.96. The van der Waals surface area contributed by atoms with E-state index in [0.717, 1.165) is 7.11 Å². The summed E-state index contributed by atoms with van der Waals surface area (Å²) < 4.78 is 14.9. The lowest BCUT2D eigenvalue weighted by Crippen LogP contribution is -2.48. The van der Waals surface area contributed by atoms with Gasteiger partial charge in [-0.15, -0.1) is 0 Å². The number of imide groups is 1. The van der Waals surface area contributed by atoms with Crippen molar-refractivity contribution in [3.63, 3.8) is 0 Å². The number of esters is 2. The molecule has 2 saturated heterocycles. The van der Waals surface area contributed by atoms with Gasteiger partial charge >= 0.3 is 18.0 Å². The van der Waals surface area contributed by atoms with Gasteiger partial charge in [0.1, 0.15) is 11.6 Å². The molecule has 1 spiro atoms. The van der Waals surface area contributed by atoms with Gasteiger partial charge in [-0.2, -0.15) is 0 Å². The van der Waals surface area contributed by atoms with Crippen LogP contribution in [0.5, 0.6) is 0 Å². The van der Waals surface area contributed by atoms with Crippen LogP contribution in [-0.4, -0.2) is 53.2 Å². The van der Waals surface area contributed by atoms with Crippen LogP contribution in [0.3, 0.4) is 0 Å². The molecule has 0 N–H and O–H groups in total. The smallest absolute Gasteiger partial charge is 0.417 e. The van der Waals surface area contributed by atoms with Crippen molar-refractivity contribution in [2.24, 2.45) is 0 Å². The average Bonchev–Trinajstić information content (AvgIpc) is 2.89. The van der Waals surface area contributed by atoms with Crippen LogP contribution >= 0.6 is 0 Å². The third-order valence-electron chi connectivity index (χ3n) is 3.55. The summed E-state index contributed by atoms with van der Waals surface area (Å²) >= 11 is 0. The maximum atomic E-state index is 12.6. The third kappa shape index (κ3) is 2.77. The van der Waals surface area contributed by atoms with E-state index in [2.05, 4.69) is 4.74 Å². The Morgan fingerprint density at radius 3 is 2.41 bits per heavy atom. The predicted octanol–water partition coefficient (Wildman–Crippen LogP) is 0.771. The first-order valence-electron chi connectivity index (χ1n) is 6.96. The number of nitrogens with zero attached hydrogens (tertiary/aromatic N) is 1. The fourth-order valence-corrected chi connectivity index (χ4v) is 2.62. The Labute approximate surface area is 127 Å². The van der Waals surface area contributed by atoms with E-state index in [9.17, 15) is 19.2 Å². The predicted molar refractivity (Wildman–Crippen MR) is 71.6 cm³/mol. The van der Waals surface area contributed by atoms with Crippen molar-refractivity contribution in [3.8, 4) is 0 Å². The highest BCUT2D eigenvalue weighted by molar-refractivity contribution is 6.05. The number of rotatable bonds is 1. The fraction of sp³-hybridized carbons (Fsp3) is 0.714. The molecule has 0 aromatic rings. The second-order valence-electron chi connectivity index (χ2n) is 6.37. The van der Waals surface area contributed by atoms with Gasteiger partial charge in [-0.3, -0.25) is 9.59 Å². The van der Waals surface area contributed by atoms with Crippen molar-refractivity contribution < 1.29 is 33.4 Å². The van der Waals surface area contributed by atoms with Crippen molar-refractivity contribution in [2.45, 2.75) is 57.3 Å². The van der Waals surface area contributed by atoms with Gasteiger partial charge in [-0.05, 0) is 20.8 Å². The maximum Gasteiger partial charge on any atom is 0.417 e. The molecule has 0 aliphatic carbocycles. The zero-order valence-corrected chi connectivity index (χ0v) is 13.0. The molecule has 22 heavy (non-hydrogen) atoms. The number of amides is 2. The number of carbonyl (C=O) groups excluding carboxylic acids is 4. The van der Waals surface area contributed by atoms with E-state index in [1.54, 1.807) is 20.8 Å². The van der Waals surface area contributed by atoms with Crippen molar-refractivity contribution in [3.05, 3.63) is 0 Å². The Morgan fingerprint density at radius 2 is 1.95 bits per heavy atom. The first-order chi connectivity index (χ1) is 10.1. The second-order valence-corrected chi connectivity index (χ2v) is 6.37. The van der Waals surface area contributed by atoms with Crippen molar-refractivity contribution in [1.82, 2.24) is 4.90 Å². The minimum atomic E-state index is -1.47. The lowest BCUT2D eigenvalue weighted by Gasteiger charge is -2.26. The number of methoxy groups -OCH3 is 1. The lowest BCUT2D eigenvalue weighted by atomic mass is 9.96. The molecule has 2 atom stereocenters. The molecular weight excluding hydrogens is 294 g/mol. The van der Waals surface area contributed by atoms with Gasteiger partial charge in [0.2, 0.25) is 0 Å². The molecule has 2 aliphatic rings. The van der Waals surface area contributed by atoms with Crippen LogP contribution in [0.1, 0.15) is 40.0 Å². The van der Waals surface area contributed by atoms with Gasteiger partial charge in [0.15, 0.2) is 5.60 Å². The monoisotopic (exact) mass is 313 g/mol. The summed E-state index contributed by atoms with van der Waals surface area (Å²) in [5.41, 5.74) is -2.30. The van der Waals surface area contributed by atoms with Crippen LogP contribution < -0.4 is 0 Å². The zero-order chi connectivity index (χ0) is 16.7. The van der Waals surface area contributed by atoms with Gasteiger partial charge in [-0.1, -0.05) is 0 Å². The van der Waals surface area contributed by atoms with E-state index in [4.69, 9.17) is 9.47 Å². The Bertz CT molecular complexity index is 536. The summed E-state index contributed by atoms with van der Waals surface area (Å²) in [5.74, 6) is -2.01. The van der Waals surface area contributed by atoms with Gasteiger partial charge in [0.25, 0.3) is 5.91 Å². The molecule has 2 amide bonds.